The number of carbonyl (C=O) groups excluding carboxylic acids is 1. The molecule has 70 valence electrons. The molecule has 0 heterocycles. The van der Waals surface area contributed by atoms with Crippen molar-refractivity contribution in [2.24, 2.45) is 5.92 Å². The number of nitrogens with one attached hydrogen (secondary N) is 1. The van der Waals surface area contributed by atoms with Crippen molar-refractivity contribution in [3.8, 4) is 0 Å². The molecule has 0 spiro atoms. The summed E-state index contributed by atoms with van der Waals surface area (Å²) in [6, 6.07) is -0.139. The zero-order chi connectivity index (χ0) is 11.6. The van der Waals surface area contributed by atoms with Gasteiger partial charge in [0.2, 0.25) is 5.91 Å². The third-order valence-electron chi connectivity index (χ3n) is 2.21. The first-order valence-electron chi connectivity index (χ1n) is 5.78. The molecule has 1 aliphatic rings. The van der Waals surface area contributed by atoms with Crippen LogP contribution in [-0.2, 0) is 9.53 Å². The van der Waals surface area contributed by atoms with E-state index in [1.807, 2.05) is 0 Å². The quantitative estimate of drug-likeness (QED) is 0.691. The summed E-state index contributed by atoms with van der Waals surface area (Å²) in [5.41, 5.74) is 0. The molecule has 3 nitrogen and oxygen atoms in total. The van der Waals surface area contributed by atoms with Gasteiger partial charge >= 0.3 is 0 Å². The Kier molecular flexibility index (Phi) is 1.94. The molecule has 0 aliphatic heterocycles. The summed E-state index contributed by atoms with van der Waals surface area (Å²) in [4.78, 5) is 11.3. The van der Waals surface area contributed by atoms with E-state index in [0.717, 1.165) is 6.42 Å². The molecule has 0 bridgehead atoms. The molecule has 1 saturated carbocycles. The SMILES string of the molecule is [2H]C([2H])([2H])OC1CCC1NC(=O)C(C)C. The first-order chi connectivity index (χ1) is 6.79. The standard InChI is InChI=1S/C9H17NO2/c1-6(2)9(11)10-7-4-5-8(7)12-3/h6-8H,4-5H2,1-3H3,(H,10,11)/i3D3. The lowest BCUT2D eigenvalue weighted by atomic mass is 9.88. The molecule has 1 amide bonds. The number of rotatable bonds is 3. The van der Waals surface area contributed by atoms with Crippen molar-refractivity contribution in [3.63, 3.8) is 0 Å². The maximum absolute atomic E-state index is 11.3. The highest BCUT2D eigenvalue weighted by Crippen LogP contribution is 2.22. The van der Waals surface area contributed by atoms with Crippen LogP contribution in [0.15, 0.2) is 0 Å². The number of carbonyl (C=O) groups is 1. The average molecular weight is 174 g/mol. The van der Waals surface area contributed by atoms with Gasteiger partial charge in [0, 0.05) is 13.0 Å². The van der Waals surface area contributed by atoms with Crippen LogP contribution in [0.3, 0.4) is 0 Å². The Morgan fingerprint density at radius 3 is 2.83 bits per heavy atom. The van der Waals surface area contributed by atoms with Crippen LogP contribution in [0.5, 0.6) is 0 Å². The van der Waals surface area contributed by atoms with Gasteiger partial charge in [-0.2, -0.15) is 0 Å². The summed E-state index contributed by atoms with van der Waals surface area (Å²) >= 11 is 0. The van der Waals surface area contributed by atoms with E-state index in [-0.39, 0.29) is 24.0 Å². The highest BCUT2D eigenvalue weighted by atomic mass is 16.5. The Balaban J connectivity index is 2.36. The van der Waals surface area contributed by atoms with Gasteiger partial charge in [-0.05, 0) is 12.8 Å². The predicted molar refractivity (Wildman–Crippen MR) is 46.8 cm³/mol. The van der Waals surface area contributed by atoms with Crippen LogP contribution in [0.2, 0.25) is 0 Å². The van der Waals surface area contributed by atoms with Crippen molar-refractivity contribution in [2.75, 3.05) is 7.04 Å². The number of methoxy groups -OCH3 is 1. The van der Waals surface area contributed by atoms with Crippen molar-refractivity contribution in [1.29, 1.82) is 0 Å². The van der Waals surface area contributed by atoms with E-state index in [1.54, 1.807) is 13.8 Å². The van der Waals surface area contributed by atoms with Crippen LogP contribution < -0.4 is 5.32 Å². The summed E-state index contributed by atoms with van der Waals surface area (Å²) in [5, 5.41) is 2.77. The van der Waals surface area contributed by atoms with Gasteiger partial charge in [-0.1, -0.05) is 13.8 Å². The van der Waals surface area contributed by atoms with Crippen LogP contribution >= 0.6 is 0 Å². The van der Waals surface area contributed by atoms with E-state index in [9.17, 15) is 4.79 Å². The second-order valence-corrected chi connectivity index (χ2v) is 3.50. The molecule has 0 aromatic rings. The Hall–Kier alpha value is -0.570. The molecule has 2 unspecified atom stereocenters. The molecule has 1 aliphatic carbocycles. The van der Waals surface area contributed by atoms with Gasteiger partial charge in [-0.3, -0.25) is 4.79 Å². The normalized spacial score (nSPS) is 33.1. The minimum absolute atomic E-state index is 0.0566. The van der Waals surface area contributed by atoms with Crippen molar-refractivity contribution in [1.82, 2.24) is 5.32 Å². The smallest absolute Gasteiger partial charge is 0.222 e. The molecule has 0 aromatic heterocycles. The largest absolute Gasteiger partial charge is 0.379 e. The van der Waals surface area contributed by atoms with Crippen LogP contribution in [0.25, 0.3) is 0 Å². The predicted octanol–water partition coefficient (Wildman–Crippen LogP) is 0.936. The molecule has 0 saturated heterocycles. The van der Waals surface area contributed by atoms with E-state index in [4.69, 9.17) is 8.85 Å². The maximum Gasteiger partial charge on any atom is 0.222 e. The minimum atomic E-state index is -2.37. The van der Waals surface area contributed by atoms with Crippen LogP contribution in [0, 0.1) is 5.92 Å². The molecule has 3 heteroatoms. The molecule has 0 radical (unpaired) electrons. The Labute approximate surface area is 77.7 Å². The number of ether oxygens (including phenoxy) is 1. The Morgan fingerprint density at radius 1 is 1.67 bits per heavy atom. The fourth-order valence-electron chi connectivity index (χ4n) is 1.12. The van der Waals surface area contributed by atoms with E-state index < -0.39 is 7.04 Å². The van der Waals surface area contributed by atoms with Crippen molar-refractivity contribution in [3.05, 3.63) is 0 Å². The minimum Gasteiger partial charge on any atom is -0.379 e. The second-order valence-electron chi connectivity index (χ2n) is 3.50. The van der Waals surface area contributed by atoms with Gasteiger partial charge in [0.15, 0.2) is 0 Å². The first-order valence-corrected chi connectivity index (χ1v) is 4.28. The fourth-order valence-corrected chi connectivity index (χ4v) is 1.12. The van der Waals surface area contributed by atoms with Crippen molar-refractivity contribution in [2.45, 2.75) is 38.8 Å². The third-order valence-corrected chi connectivity index (χ3v) is 2.21. The summed E-state index contributed by atoms with van der Waals surface area (Å²) in [6.07, 6.45) is 1.13. The molecule has 2 atom stereocenters. The summed E-state index contributed by atoms with van der Waals surface area (Å²) in [5.74, 6) is -0.141. The van der Waals surface area contributed by atoms with Crippen LogP contribution in [0.4, 0.5) is 0 Å². The zero-order valence-electron chi connectivity index (χ0n) is 10.5. The van der Waals surface area contributed by atoms with Crippen molar-refractivity contribution >= 4 is 5.91 Å². The molecular formula is C9H17NO2. The number of hydrogen-bond donors (Lipinski definition) is 1. The molecule has 12 heavy (non-hydrogen) atoms. The van der Waals surface area contributed by atoms with Crippen LogP contribution in [-0.4, -0.2) is 25.1 Å². The lowest BCUT2D eigenvalue weighted by molar-refractivity contribution is -0.127. The number of amides is 1. The van der Waals surface area contributed by atoms with Crippen LogP contribution in [0.1, 0.15) is 30.8 Å². The van der Waals surface area contributed by atoms with E-state index in [1.165, 1.54) is 0 Å². The van der Waals surface area contributed by atoms with Gasteiger partial charge in [-0.15, -0.1) is 0 Å². The van der Waals surface area contributed by atoms with Crippen molar-refractivity contribution < 1.29 is 13.6 Å². The first kappa shape index (κ1) is 5.97. The highest BCUT2D eigenvalue weighted by molar-refractivity contribution is 5.78. The average Bonchev–Trinajstić information content (AvgIpc) is 2.06. The fraction of sp³-hybridized carbons (Fsp3) is 0.889. The molecule has 1 N–H and O–H groups in total. The second kappa shape index (κ2) is 3.90. The summed E-state index contributed by atoms with van der Waals surface area (Å²) in [6.45, 7) is 3.60. The molecular weight excluding hydrogens is 154 g/mol. The molecule has 1 rings (SSSR count). The monoisotopic (exact) mass is 174 g/mol. The van der Waals surface area contributed by atoms with Gasteiger partial charge in [0.05, 0.1) is 16.3 Å². The summed E-state index contributed by atoms with van der Waals surface area (Å²) < 4.78 is 25.7. The Morgan fingerprint density at radius 2 is 2.42 bits per heavy atom. The zero-order valence-corrected chi connectivity index (χ0v) is 7.46. The van der Waals surface area contributed by atoms with E-state index >= 15 is 0 Å². The molecule has 1 fully saturated rings. The molecule has 0 aromatic carbocycles. The third kappa shape index (κ3) is 1.97. The van der Waals surface area contributed by atoms with E-state index in [2.05, 4.69) is 5.32 Å². The Bertz CT molecular complexity index is 240. The van der Waals surface area contributed by atoms with Gasteiger partial charge in [0.25, 0.3) is 0 Å². The van der Waals surface area contributed by atoms with E-state index in [0.29, 0.717) is 6.42 Å². The topological polar surface area (TPSA) is 38.3 Å². The van der Waals surface area contributed by atoms with Gasteiger partial charge < -0.3 is 10.1 Å². The van der Waals surface area contributed by atoms with Gasteiger partial charge in [0.1, 0.15) is 0 Å². The highest BCUT2D eigenvalue weighted by Gasteiger charge is 2.32. The number of hydrogen-bond acceptors (Lipinski definition) is 2. The lowest BCUT2D eigenvalue weighted by Crippen LogP contribution is -2.52. The van der Waals surface area contributed by atoms with Gasteiger partial charge in [-0.25, -0.2) is 0 Å². The maximum atomic E-state index is 11.3. The lowest BCUT2D eigenvalue weighted by Gasteiger charge is -2.36. The summed E-state index contributed by atoms with van der Waals surface area (Å²) in [7, 11) is -2.37.